The molecule has 6 heteroatoms. The first kappa shape index (κ1) is 13.2. The zero-order valence-corrected chi connectivity index (χ0v) is 9.55. The minimum atomic E-state index is -1.55. The highest BCUT2D eigenvalue weighted by atomic mass is 19.2. The van der Waals surface area contributed by atoms with Gasteiger partial charge in [0.25, 0.3) is 0 Å². The Morgan fingerprint density at radius 2 is 1.53 bits per heavy atom. The van der Waals surface area contributed by atoms with E-state index in [1.165, 1.54) is 6.07 Å². The molecule has 0 heterocycles. The lowest BCUT2D eigenvalue weighted by Crippen LogP contribution is -2.02. The molecule has 0 aromatic heterocycles. The molecule has 0 aliphatic rings. The Kier molecular flexibility index (Phi) is 3.59. The van der Waals surface area contributed by atoms with E-state index in [0.717, 1.165) is 24.3 Å². The van der Waals surface area contributed by atoms with Gasteiger partial charge in [0.15, 0.2) is 17.5 Å². The molecule has 2 aromatic carbocycles. The average molecular weight is 271 g/mol. The van der Waals surface area contributed by atoms with Crippen molar-refractivity contribution >= 4 is 5.69 Å². The predicted molar refractivity (Wildman–Crippen MR) is 61.7 cm³/mol. The van der Waals surface area contributed by atoms with Crippen LogP contribution in [-0.4, -0.2) is 5.11 Å². The molecule has 0 amide bonds. The van der Waals surface area contributed by atoms with Gasteiger partial charge in [0, 0.05) is 30.4 Å². The standard InChI is InChI=1S/C13H9F4NO/c14-8-1-7(2-10(19)3-8)6-18-9-4-11(15)13(17)12(16)5-9/h1-5,18-19H,6H2. The van der Waals surface area contributed by atoms with E-state index in [0.29, 0.717) is 5.56 Å². The summed E-state index contributed by atoms with van der Waals surface area (Å²) in [5.74, 6) is -5.07. The Hall–Kier alpha value is -2.24. The third kappa shape index (κ3) is 3.15. The summed E-state index contributed by atoms with van der Waals surface area (Å²) in [4.78, 5) is 0. The molecule has 2 aromatic rings. The van der Waals surface area contributed by atoms with E-state index in [2.05, 4.69) is 5.32 Å². The highest BCUT2D eigenvalue weighted by Crippen LogP contribution is 2.19. The lowest BCUT2D eigenvalue weighted by Gasteiger charge is -2.08. The third-order valence-electron chi connectivity index (χ3n) is 2.42. The molecular weight excluding hydrogens is 262 g/mol. The predicted octanol–water partition coefficient (Wildman–Crippen LogP) is 3.56. The number of aromatic hydroxyl groups is 1. The van der Waals surface area contributed by atoms with E-state index in [9.17, 15) is 22.7 Å². The third-order valence-corrected chi connectivity index (χ3v) is 2.42. The molecule has 0 bridgehead atoms. The van der Waals surface area contributed by atoms with E-state index in [1.807, 2.05) is 0 Å². The molecule has 19 heavy (non-hydrogen) atoms. The molecule has 2 N–H and O–H groups in total. The van der Waals surface area contributed by atoms with Gasteiger partial charge < -0.3 is 10.4 Å². The number of rotatable bonds is 3. The number of benzene rings is 2. The van der Waals surface area contributed by atoms with Gasteiger partial charge in [-0.25, -0.2) is 17.6 Å². The molecule has 0 unspecified atom stereocenters. The average Bonchev–Trinajstić information content (AvgIpc) is 2.32. The van der Waals surface area contributed by atoms with Crippen molar-refractivity contribution in [2.45, 2.75) is 6.54 Å². The fraction of sp³-hybridized carbons (Fsp3) is 0.0769. The number of nitrogens with one attached hydrogen (secondary N) is 1. The molecule has 2 nitrogen and oxygen atoms in total. The Morgan fingerprint density at radius 1 is 0.895 bits per heavy atom. The Morgan fingerprint density at radius 3 is 2.11 bits per heavy atom. The number of hydrogen-bond acceptors (Lipinski definition) is 2. The van der Waals surface area contributed by atoms with Crippen molar-refractivity contribution in [3.63, 3.8) is 0 Å². The summed E-state index contributed by atoms with van der Waals surface area (Å²) in [6.07, 6.45) is 0. The molecule has 100 valence electrons. The van der Waals surface area contributed by atoms with Gasteiger partial charge in [-0.15, -0.1) is 0 Å². The monoisotopic (exact) mass is 271 g/mol. The van der Waals surface area contributed by atoms with Crippen LogP contribution in [0.25, 0.3) is 0 Å². The first-order chi connectivity index (χ1) is 8.95. The molecule has 0 fully saturated rings. The van der Waals surface area contributed by atoms with Gasteiger partial charge in [-0.1, -0.05) is 0 Å². The highest BCUT2D eigenvalue weighted by molar-refractivity contribution is 5.45. The van der Waals surface area contributed by atoms with Crippen molar-refractivity contribution in [1.29, 1.82) is 0 Å². The van der Waals surface area contributed by atoms with Crippen molar-refractivity contribution in [2.75, 3.05) is 5.32 Å². The van der Waals surface area contributed by atoms with Crippen LogP contribution in [0.15, 0.2) is 30.3 Å². The Bertz CT molecular complexity index is 572. The fourth-order valence-electron chi connectivity index (χ4n) is 1.60. The molecule has 0 saturated heterocycles. The van der Waals surface area contributed by atoms with Crippen LogP contribution in [0.5, 0.6) is 5.75 Å². The number of phenolic OH excluding ortho intramolecular Hbond substituents is 1. The number of phenols is 1. The van der Waals surface area contributed by atoms with Gasteiger partial charge >= 0.3 is 0 Å². The van der Waals surface area contributed by atoms with Crippen LogP contribution in [-0.2, 0) is 6.54 Å². The number of halogens is 4. The van der Waals surface area contributed by atoms with E-state index >= 15 is 0 Å². The summed E-state index contributed by atoms with van der Waals surface area (Å²) in [5, 5.41) is 11.8. The molecule has 0 spiro atoms. The number of hydrogen-bond donors (Lipinski definition) is 2. The maximum absolute atomic E-state index is 13.0. The van der Waals surface area contributed by atoms with Gasteiger partial charge in [-0.05, 0) is 17.7 Å². The second kappa shape index (κ2) is 5.17. The minimum absolute atomic E-state index is 0.0140. The molecule has 0 radical (unpaired) electrons. The van der Waals surface area contributed by atoms with Crippen LogP contribution in [0.4, 0.5) is 23.2 Å². The van der Waals surface area contributed by atoms with Crippen LogP contribution >= 0.6 is 0 Å². The first-order valence-electron chi connectivity index (χ1n) is 5.32. The highest BCUT2D eigenvalue weighted by Gasteiger charge is 2.10. The second-order valence-electron chi connectivity index (χ2n) is 3.93. The lowest BCUT2D eigenvalue weighted by molar-refractivity contribution is 0.447. The van der Waals surface area contributed by atoms with Crippen molar-refractivity contribution in [2.24, 2.45) is 0 Å². The molecule has 0 aliphatic carbocycles. The van der Waals surface area contributed by atoms with Gasteiger partial charge in [0.05, 0.1) is 0 Å². The zero-order valence-electron chi connectivity index (χ0n) is 9.55. The first-order valence-corrected chi connectivity index (χ1v) is 5.32. The second-order valence-corrected chi connectivity index (χ2v) is 3.93. The smallest absolute Gasteiger partial charge is 0.194 e. The van der Waals surface area contributed by atoms with Crippen molar-refractivity contribution in [3.8, 4) is 5.75 Å². The number of anilines is 1. The zero-order chi connectivity index (χ0) is 14.0. The van der Waals surface area contributed by atoms with Crippen LogP contribution in [0.2, 0.25) is 0 Å². The SMILES string of the molecule is Oc1cc(F)cc(CNc2cc(F)c(F)c(F)c2)c1. The van der Waals surface area contributed by atoms with Crippen LogP contribution in [0.3, 0.4) is 0 Å². The summed E-state index contributed by atoms with van der Waals surface area (Å²) in [6, 6.07) is 4.96. The maximum Gasteiger partial charge on any atom is 0.194 e. The topological polar surface area (TPSA) is 32.3 Å². The van der Waals surface area contributed by atoms with Gasteiger partial charge in [0.1, 0.15) is 11.6 Å². The van der Waals surface area contributed by atoms with Crippen LogP contribution in [0.1, 0.15) is 5.56 Å². The van der Waals surface area contributed by atoms with Crippen molar-refractivity contribution in [1.82, 2.24) is 0 Å². The maximum atomic E-state index is 13.0. The molecule has 0 atom stereocenters. The quantitative estimate of drug-likeness (QED) is 0.661. The summed E-state index contributed by atoms with van der Waals surface area (Å²) >= 11 is 0. The summed E-state index contributed by atoms with van der Waals surface area (Å²) in [7, 11) is 0. The molecular formula is C13H9F4NO. The fourth-order valence-corrected chi connectivity index (χ4v) is 1.60. The Labute approximate surface area is 106 Å². The van der Waals surface area contributed by atoms with E-state index in [4.69, 9.17) is 0 Å². The van der Waals surface area contributed by atoms with Crippen molar-refractivity contribution < 1.29 is 22.7 Å². The minimum Gasteiger partial charge on any atom is -0.508 e. The summed E-state index contributed by atoms with van der Waals surface area (Å²) in [6.45, 7) is 0.0236. The molecule has 0 aliphatic heterocycles. The van der Waals surface area contributed by atoms with Crippen LogP contribution < -0.4 is 5.32 Å². The largest absolute Gasteiger partial charge is 0.508 e. The van der Waals surface area contributed by atoms with E-state index in [1.54, 1.807) is 0 Å². The summed E-state index contributed by atoms with van der Waals surface area (Å²) < 4.78 is 51.6. The van der Waals surface area contributed by atoms with Gasteiger partial charge in [0.2, 0.25) is 0 Å². The normalized spacial score (nSPS) is 10.5. The van der Waals surface area contributed by atoms with Crippen molar-refractivity contribution in [3.05, 3.63) is 59.2 Å². The van der Waals surface area contributed by atoms with E-state index < -0.39 is 23.3 Å². The molecule has 2 rings (SSSR count). The summed E-state index contributed by atoms with van der Waals surface area (Å²) in [5.41, 5.74) is 0.391. The Balaban J connectivity index is 2.14. The molecule has 0 saturated carbocycles. The van der Waals surface area contributed by atoms with Gasteiger partial charge in [-0.2, -0.15) is 0 Å². The lowest BCUT2D eigenvalue weighted by atomic mass is 10.2. The van der Waals surface area contributed by atoms with Crippen LogP contribution in [0, 0.1) is 23.3 Å². The van der Waals surface area contributed by atoms with Gasteiger partial charge in [-0.3, -0.25) is 0 Å². The van der Waals surface area contributed by atoms with E-state index in [-0.39, 0.29) is 18.0 Å².